The lowest BCUT2D eigenvalue weighted by molar-refractivity contribution is 0.0677. The summed E-state index contributed by atoms with van der Waals surface area (Å²) in [6, 6.07) is 5.45. The van der Waals surface area contributed by atoms with E-state index in [0.717, 1.165) is 12.8 Å². The van der Waals surface area contributed by atoms with E-state index in [1.54, 1.807) is 32.4 Å². The topological polar surface area (TPSA) is 64.8 Å². The predicted molar refractivity (Wildman–Crippen MR) is 73.3 cm³/mol. The minimum atomic E-state index is -0.0382. The lowest BCUT2D eigenvalue weighted by Gasteiger charge is -2.23. The van der Waals surface area contributed by atoms with Crippen molar-refractivity contribution in [3.05, 3.63) is 23.8 Å². The zero-order chi connectivity index (χ0) is 13.8. The van der Waals surface area contributed by atoms with Gasteiger partial charge in [0.25, 0.3) is 5.91 Å². The molecule has 0 atom stereocenters. The smallest absolute Gasteiger partial charge is 0.258 e. The van der Waals surface area contributed by atoms with Gasteiger partial charge < -0.3 is 20.1 Å². The third kappa shape index (κ3) is 3.17. The molecule has 0 unspecified atom stereocenters. The number of benzene rings is 1. The van der Waals surface area contributed by atoms with Crippen molar-refractivity contribution in [1.29, 1.82) is 0 Å². The first-order valence-corrected chi connectivity index (χ1v) is 6.40. The molecule has 0 aliphatic heterocycles. The van der Waals surface area contributed by atoms with E-state index >= 15 is 0 Å². The summed E-state index contributed by atoms with van der Waals surface area (Å²) in [5.74, 6) is 0.519. The number of nitrogen functional groups attached to an aromatic ring is 1. The van der Waals surface area contributed by atoms with E-state index in [1.165, 1.54) is 0 Å². The highest BCUT2D eigenvalue weighted by Crippen LogP contribution is 2.30. The van der Waals surface area contributed by atoms with Gasteiger partial charge in [-0.15, -0.1) is 0 Å². The fourth-order valence-corrected chi connectivity index (χ4v) is 2.07. The summed E-state index contributed by atoms with van der Waals surface area (Å²) in [7, 11) is 3.19. The van der Waals surface area contributed by atoms with E-state index in [4.69, 9.17) is 15.2 Å². The Morgan fingerprint density at radius 1 is 1.42 bits per heavy atom. The molecule has 0 heterocycles. The van der Waals surface area contributed by atoms with Crippen molar-refractivity contribution in [2.75, 3.05) is 33.1 Å². The molecule has 0 radical (unpaired) electrons. The number of nitrogens with zero attached hydrogens (tertiary/aromatic N) is 1. The van der Waals surface area contributed by atoms with Crippen LogP contribution in [0.4, 0.5) is 5.69 Å². The standard InChI is InChI=1S/C14H20N2O3/c1-18-8-7-16(11-4-5-11)14(17)12-9-10(15)3-6-13(12)19-2/h3,6,9,11H,4-5,7-8,15H2,1-2H3. The van der Waals surface area contributed by atoms with Crippen LogP contribution in [0.15, 0.2) is 18.2 Å². The number of hydrogen-bond acceptors (Lipinski definition) is 4. The first-order valence-electron chi connectivity index (χ1n) is 6.40. The van der Waals surface area contributed by atoms with Crippen LogP contribution in [-0.2, 0) is 4.74 Å². The SMILES string of the molecule is COCCN(C(=O)c1cc(N)ccc1OC)C1CC1. The number of amides is 1. The van der Waals surface area contributed by atoms with Gasteiger partial charge in [0.1, 0.15) is 5.75 Å². The van der Waals surface area contributed by atoms with E-state index in [2.05, 4.69) is 0 Å². The van der Waals surface area contributed by atoms with Crippen LogP contribution >= 0.6 is 0 Å². The van der Waals surface area contributed by atoms with Crippen molar-refractivity contribution < 1.29 is 14.3 Å². The van der Waals surface area contributed by atoms with E-state index in [9.17, 15) is 4.79 Å². The lowest BCUT2D eigenvalue weighted by Crippen LogP contribution is -2.36. The summed E-state index contributed by atoms with van der Waals surface area (Å²) in [6.45, 7) is 1.13. The van der Waals surface area contributed by atoms with Gasteiger partial charge in [0.15, 0.2) is 0 Å². The van der Waals surface area contributed by atoms with Crippen LogP contribution in [0.1, 0.15) is 23.2 Å². The van der Waals surface area contributed by atoms with Crippen molar-refractivity contribution in [3.63, 3.8) is 0 Å². The van der Waals surface area contributed by atoms with Gasteiger partial charge >= 0.3 is 0 Å². The molecule has 5 heteroatoms. The second-order valence-electron chi connectivity index (χ2n) is 4.68. The minimum absolute atomic E-state index is 0.0382. The number of methoxy groups -OCH3 is 2. The maximum atomic E-state index is 12.6. The van der Waals surface area contributed by atoms with Gasteiger partial charge in [-0.25, -0.2) is 0 Å². The summed E-state index contributed by atoms with van der Waals surface area (Å²) in [5, 5.41) is 0. The third-order valence-corrected chi connectivity index (χ3v) is 3.24. The zero-order valence-corrected chi connectivity index (χ0v) is 11.4. The van der Waals surface area contributed by atoms with Gasteiger partial charge in [-0.05, 0) is 31.0 Å². The Morgan fingerprint density at radius 3 is 2.74 bits per heavy atom. The normalized spacial score (nSPS) is 14.2. The lowest BCUT2D eigenvalue weighted by atomic mass is 10.1. The highest BCUT2D eigenvalue weighted by Gasteiger charge is 2.33. The first-order chi connectivity index (χ1) is 9.17. The van der Waals surface area contributed by atoms with Crippen LogP contribution in [0.5, 0.6) is 5.75 Å². The van der Waals surface area contributed by atoms with Crippen molar-refractivity contribution in [2.24, 2.45) is 0 Å². The number of carbonyl (C=O) groups excluding carboxylic acids is 1. The highest BCUT2D eigenvalue weighted by molar-refractivity contribution is 5.98. The van der Waals surface area contributed by atoms with Crippen LogP contribution in [0.25, 0.3) is 0 Å². The maximum Gasteiger partial charge on any atom is 0.258 e. The van der Waals surface area contributed by atoms with Crippen molar-refractivity contribution >= 4 is 11.6 Å². The predicted octanol–water partition coefficient (Wildman–Crippen LogP) is 1.53. The summed E-state index contributed by atoms with van der Waals surface area (Å²) in [6.07, 6.45) is 2.11. The molecular formula is C14H20N2O3. The Bertz CT molecular complexity index is 458. The average molecular weight is 264 g/mol. The molecule has 0 saturated heterocycles. The molecule has 2 N–H and O–H groups in total. The zero-order valence-electron chi connectivity index (χ0n) is 11.4. The Morgan fingerprint density at radius 2 is 2.16 bits per heavy atom. The molecule has 1 aliphatic rings. The van der Waals surface area contributed by atoms with Crippen LogP contribution in [0.3, 0.4) is 0 Å². The largest absolute Gasteiger partial charge is 0.496 e. The third-order valence-electron chi connectivity index (χ3n) is 3.24. The number of anilines is 1. The Hall–Kier alpha value is -1.75. The highest BCUT2D eigenvalue weighted by atomic mass is 16.5. The van der Waals surface area contributed by atoms with Crippen molar-refractivity contribution in [2.45, 2.75) is 18.9 Å². The number of rotatable bonds is 6. The molecule has 2 rings (SSSR count). The molecule has 0 aromatic heterocycles. The second kappa shape index (κ2) is 5.93. The molecule has 1 fully saturated rings. The summed E-state index contributed by atoms with van der Waals surface area (Å²) < 4.78 is 10.3. The molecule has 0 bridgehead atoms. The van der Waals surface area contributed by atoms with E-state index in [1.807, 2.05) is 4.90 Å². The van der Waals surface area contributed by atoms with Crippen molar-refractivity contribution in [1.82, 2.24) is 4.90 Å². The molecule has 1 aliphatic carbocycles. The molecule has 1 saturated carbocycles. The Balaban J connectivity index is 2.22. The van der Waals surface area contributed by atoms with Gasteiger partial charge in [0.2, 0.25) is 0 Å². The molecule has 0 spiro atoms. The van der Waals surface area contributed by atoms with Crippen LogP contribution in [-0.4, -0.2) is 44.2 Å². The summed E-state index contributed by atoms with van der Waals surface area (Å²) in [5.41, 5.74) is 6.84. The monoisotopic (exact) mass is 264 g/mol. The summed E-state index contributed by atoms with van der Waals surface area (Å²) in [4.78, 5) is 14.4. The van der Waals surface area contributed by atoms with Gasteiger partial charge in [-0.3, -0.25) is 4.79 Å². The molecular weight excluding hydrogens is 244 g/mol. The van der Waals surface area contributed by atoms with Gasteiger partial charge in [-0.2, -0.15) is 0 Å². The number of carbonyl (C=O) groups is 1. The minimum Gasteiger partial charge on any atom is -0.496 e. The van der Waals surface area contributed by atoms with E-state index in [-0.39, 0.29) is 5.91 Å². The molecule has 1 aromatic carbocycles. The number of nitrogens with two attached hydrogens (primary N) is 1. The second-order valence-corrected chi connectivity index (χ2v) is 4.68. The van der Waals surface area contributed by atoms with Crippen LogP contribution < -0.4 is 10.5 Å². The molecule has 104 valence electrons. The van der Waals surface area contributed by atoms with Crippen LogP contribution in [0.2, 0.25) is 0 Å². The number of hydrogen-bond donors (Lipinski definition) is 1. The summed E-state index contributed by atoms with van der Waals surface area (Å²) >= 11 is 0. The molecule has 5 nitrogen and oxygen atoms in total. The quantitative estimate of drug-likeness (QED) is 0.791. The number of ether oxygens (including phenoxy) is 2. The molecule has 19 heavy (non-hydrogen) atoms. The fourth-order valence-electron chi connectivity index (χ4n) is 2.07. The van der Waals surface area contributed by atoms with Gasteiger partial charge in [0.05, 0.1) is 19.3 Å². The first kappa shape index (κ1) is 13.7. The Kier molecular flexibility index (Phi) is 4.27. The Labute approximate surface area is 113 Å². The maximum absolute atomic E-state index is 12.6. The average Bonchev–Trinajstić information content (AvgIpc) is 3.23. The molecule has 1 aromatic rings. The molecule has 1 amide bonds. The van der Waals surface area contributed by atoms with Gasteiger partial charge in [0, 0.05) is 25.4 Å². The van der Waals surface area contributed by atoms with E-state index < -0.39 is 0 Å². The van der Waals surface area contributed by atoms with Crippen LogP contribution in [0, 0.1) is 0 Å². The fraction of sp³-hybridized carbons (Fsp3) is 0.500. The van der Waals surface area contributed by atoms with Gasteiger partial charge in [-0.1, -0.05) is 0 Å². The van der Waals surface area contributed by atoms with Crippen molar-refractivity contribution in [3.8, 4) is 5.75 Å². The van der Waals surface area contributed by atoms with E-state index in [0.29, 0.717) is 36.2 Å².